The summed E-state index contributed by atoms with van der Waals surface area (Å²) in [4.78, 5) is 31.9. The number of likely N-dealkylation sites (tertiary alicyclic amines) is 1. The van der Waals surface area contributed by atoms with Crippen molar-refractivity contribution < 1.29 is 14.0 Å². The quantitative estimate of drug-likeness (QED) is 0.169. The number of guanidine groups is 1. The molecule has 0 unspecified atom stereocenters. The van der Waals surface area contributed by atoms with Crippen molar-refractivity contribution in [3.8, 4) is 6.19 Å². The number of aryl methyl sites for hydroxylation is 1. The average molecular weight is 555 g/mol. The van der Waals surface area contributed by atoms with Gasteiger partial charge in [-0.2, -0.15) is 5.26 Å². The Bertz CT molecular complexity index is 1400. The van der Waals surface area contributed by atoms with Gasteiger partial charge < -0.3 is 20.0 Å². The van der Waals surface area contributed by atoms with Crippen LogP contribution in [0.15, 0.2) is 51.9 Å². The zero-order valence-electron chi connectivity index (χ0n) is 20.9. The van der Waals surface area contributed by atoms with Crippen molar-refractivity contribution in [1.82, 2.24) is 15.5 Å². The Kier molecular flexibility index (Phi) is 9.10. The van der Waals surface area contributed by atoms with Crippen LogP contribution in [0.3, 0.4) is 0 Å². The van der Waals surface area contributed by atoms with E-state index in [1.54, 1.807) is 12.1 Å². The van der Waals surface area contributed by atoms with Crippen molar-refractivity contribution in [3.05, 3.63) is 63.8 Å². The second-order valence-corrected chi connectivity index (χ2v) is 9.88. The summed E-state index contributed by atoms with van der Waals surface area (Å²) in [6.07, 6.45) is 4.51. The molecule has 1 atom stereocenters. The van der Waals surface area contributed by atoms with Gasteiger partial charge in [-0.15, -0.1) is 0 Å². The molecule has 3 N–H and O–H groups in total. The molecule has 1 aromatic heterocycles. The molecule has 2 aromatic carbocycles. The number of fused-ring (bicyclic) bond motifs is 1. The molecule has 9 nitrogen and oxygen atoms in total. The molecule has 1 aliphatic rings. The number of hydrogen-bond acceptors (Lipinski definition) is 5. The maximum atomic E-state index is 13.3. The number of amides is 2. The average Bonchev–Trinajstić information content (AvgIpc) is 3.17. The SMILES string of the molecule is Cc1cc2cc(NC(=N[C@H]3CCCCN(CC(=O)NCCc4ccc(Cl)c(Cl)c4)C3=O)NC#N)ccc2o1. The van der Waals surface area contributed by atoms with E-state index >= 15 is 0 Å². The van der Waals surface area contributed by atoms with Crippen LogP contribution in [0.5, 0.6) is 0 Å². The lowest BCUT2D eigenvalue weighted by molar-refractivity contribution is -0.136. The predicted octanol–water partition coefficient (Wildman–Crippen LogP) is 4.63. The molecule has 1 aliphatic heterocycles. The maximum absolute atomic E-state index is 13.3. The van der Waals surface area contributed by atoms with E-state index in [0.717, 1.165) is 35.1 Å². The zero-order valence-corrected chi connectivity index (χ0v) is 22.4. The van der Waals surface area contributed by atoms with Crippen molar-refractivity contribution >= 4 is 57.6 Å². The molecule has 198 valence electrons. The lowest BCUT2D eigenvalue weighted by Crippen LogP contribution is -2.44. The minimum Gasteiger partial charge on any atom is -0.461 e. The molecule has 38 heavy (non-hydrogen) atoms. The largest absolute Gasteiger partial charge is 0.461 e. The van der Waals surface area contributed by atoms with Crippen LogP contribution < -0.4 is 16.0 Å². The number of furan rings is 1. The van der Waals surface area contributed by atoms with Gasteiger partial charge in [0.15, 0.2) is 6.19 Å². The molecular formula is C27H28Cl2N6O3. The zero-order chi connectivity index (χ0) is 27.1. The van der Waals surface area contributed by atoms with E-state index in [0.29, 0.717) is 41.7 Å². The van der Waals surface area contributed by atoms with Crippen molar-refractivity contribution in [2.24, 2.45) is 4.99 Å². The van der Waals surface area contributed by atoms with Gasteiger partial charge in [-0.25, -0.2) is 4.99 Å². The van der Waals surface area contributed by atoms with Gasteiger partial charge in [0.25, 0.3) is 0 Å². The fraction of sp³-hybridized carbons (Fsp3) is 0.333. The lowest BCUT2D eigenvalue weighted by atomic mass is 10.1. The number of nitrogens with zero attached hydrogens (tertiary/aromatic N) is 3. The van der Waals surface area contributed by atoms with E-state index in [-0.39, 0.29) is 24.3 Å². The third-order valence-electron chi connectivity index (χ3n) is 6.17. The normalized spacial score (nSPS) is 16.2. The Morgan fingerprint density at radius 2 is 2.03 bits per heavy atom. The topological polar surface area (TPSA) is 123 Å². The van der Waals surface area contributed by atoms with Gasteiger partial charge in [0, 0.05) is 24.2 Å². The number of carbonyl (C=O) groups excluding carboxylic acids is 2. The fourth-order valence-electron chi connectivity index (χ4n) is 4.33. The van der Waals surface area contributed by atoms with Crippen LogP contribution in [0.4, 0.5) is 5.69 Å². The molecule has 3 aromatic rings. The Balaban J connectivity index is 1.38. The van der Waals surface area contributed by atoms with Crippen molar-refractivity contribution in [2.45, 2.75) is 38.6 Å². The molecule has 0 spiro atoms. The summed E-state index contributed by atoms with van der Waals surface area (Å²) >= 11 is 12.0. The Labute approximate surface area is 230 Å². The van der Waals surface area contributed by atoms with Gasteiger partial charge in [0.2, 0.25) is 17.8 Å². The molecule has 2 amide bonds. The number of benzene rings is 2. The standard InChI is InChI=1S/C27H28Cl2N6O3/c1-17-12-19-14-20(6-8-24(19)38-17)33-27(32-16-30)34-23-4-2-3-11-35(26(23)37)15-25(36)31-10-9-18-5-7-21(28)22(29)13-18/h5-8,12-14,23H,2-4,9-11,15H2,1H3,(H,31,36)(H2,32,33,34)/t23-/m0/s1. The van der Waals surface area contributed by atoms with E-state index in [1.807, 2.05) is 43.4 Å². The van der Waals surface area contributed by atoms with E-state index in [9.17, 15) is 14.9 Å². The Morgan fingerprint density at radius 1 is 1.18 bits per heavy atom. The van der Waals surface area contributed by atoms with Gasteiger partial charge in [-0.3, -0.25) is 14.9 Å². The molecule has 0 saturated carbocycles. The molecule has 11 heteroatoms. The summed E-state index contributed by atoms with van der Waals surface area (Å²) in [6, 6.07) is 12.1. The van der Waals surface area contributed by atoms with Crippen molar-refractivity contribution in [2.75, 3.05) is 25.0 Å². The Hall–Kier alpha value is -3.74. The van der Waals surface area contributed by atoms with E-state index in [2.05, 4.69) is 20.9 Å². The predicted molar refractivity (Wildman–Crippen MR) is 148 cm³/mol. The first kappa shape index (κ1) is 27.3. The van der Waals surface area contributed by atoms with Crippen LogP contribution in [-0.4, -0.2) is 48.3 Å². The van der Waals surface area contributed by atoms with Crippen LogP contribution in [-0.2, 0) is 16.0 Å². The third-order valence-corrected chi connectivity index (χ3v) is 6.91. The number of nitriles is 1. The lowest BCUT2D eigenvalue weighted by Gasteiger charge is -2.22. The first-order valence-corrected chi connectivity index (χ1v) is 13.1. The van der Waals surface area contributed by atoms with E-state index < -0.39 is 6.04 Å². The van der Waals surface area contributed by atoms with Crippen LogP contribution in [0, 0.1) is 18.4 Å². The van der Waals surface area contributed by atoms with Gasteiger partial charge in [0.1, 0.15) is 17.4 Å². The smallest absolute Gasteiger partial charge is 0.247 e. The molecule has 0 aliphatic carbocycles. The minimum atomic E-state index is -0.718. The molecule has 1 fully saturated rings. The highest BCUT2D eigenvalue weighted by atomic mass is 35.5. The molecule has 0 bridgehead atoms. The van der Waals surface area contributed by atoms with Crippen LogP contribution in [0.2, 0.25) is 10.0 Å². The van der Waals surface area contributed by atoms with Crippen LogP contribution >= 0.6 is 23.2 Å². The van der Waals surface area contributed by atoms with Gasteiger partial charge >= 0.3 is 0 Å². The number of rotatable bonds is 7. The highest BCUT2D eigenvalue weighted by Gasteiger charge is 2.28. The van der Waals surface area contributed by atoms with Gasteiger partial charge in [0.05, 0.1) is 16.6 Å². The first-order chi connectivity index (χ1) is 18.3. The van der Waals surface area contributed by atoms with Crippen molar-refractivity contribution in [1.29, 1.82) is 5.26 Å². The monoisotopic (exact) mass is 554 g/mol. The highest BCUT2D eigenvalue weighted by molar-refractivity contribution is 6.42. The Morgan fingerprint density at radius 3 is 2.82 bits per heavy atom. The summed E-state index contributed by atoms with van der Waals surface area (Å²) in [5.74, 6) is 0.462. The second kappa shape index (κ2) is 12.7. The molecule has 2 heterocycles. The fourth-order valence-corrected chi connectivity index (χ4v) is 4.65. The number of hydrogen-bond donors (Lipinski definition) is 3. The third kappa shape index (κ3) is 7.18. The number of nitrogens with one attached hydrogen (secondary N) is 3. The molecule has 0 radical (unpaired) electrons. The summed E-state index contributed by atoms with van der Waals surface area (Å²) in [5.41, 5.74) is 2.40. The summed E-state index contributed by atoms with van der Waals surface area (Å²) in [6.45, 7) is 2.69. The van der Waals surface area contributed by atoms with Crippen LogP contribution in [0.1, 0.15) is 30.6 Å². The minimum absolute atomic E-state index is 0.0584. The van der Waals surface area contributed by atoms with E-state index in [1.165, 1.54) is 4.90 Å². The summed E-state index contributed by atoms with van der Waals surface area (Å²) in [7, 11) is 0. The maximum Gasteiger partial charge on any atom is 0.247 e. The summed E-state index contributed by atoms with van der Waals surface area (Å²) < 4.78 is 5.61. The summed E-state index contributed by atoms with van der Waals surface area (Å²) in [5, 5.41) is 19.6. The number of aliphatic imine (C=N–C) groups is 1. The molecule has 4 rings (SSSR count). The van der Waals surface area contributed by atoms with Crippen LogP contribution in [0.25, 0.3) is 11.0 Å². The molecular weight excluding hydrogens is 527 g/mol. The first-order valence-electron chi connectivity index (χ1n) is 12.3. The van der Waals surface area contributed by atoms with Crippen molar-refractivity contribution in [3.63, 3.8) is 0 Å². The number of carbonyl (C=O) groups is 2. The number of halogens is 2. The number of anilines is 1. The van der Waals surface area contributed by atoms with E-state index in [4.69, 9.17) is 27.6 Å². The van der Waals surface area contributed by atoms with Gasteiger partial charge in [-0.05, 0) is 74.6 Å². The van der Waals surface area contributed by atoms with Gasteiger partial charge in [-0.1, -0.05) is 29.3 Å². The molecule has 1 saturated heterocycles. The second-order valence-electron chi connectivity index (χ2n) is 9.07. The highest BCUT2D eigenvalue weighted by Crippen LogP contribution is 2.24.